The highest BCUT2D eigenvalue weighted by atomic mass is 32.1. The van der Waals surface area contributed by atoms with Crippen molar-refractivity contribution >= 4 is 35.3 Å². The van der Waals surface area contributed by atoms with Crippen LogP contribution >= 0.6 is 11.3 Å². The number of nitrogen functional groups attached to an aromatic ring is 1. The number of benzene rings is 2. The molecule has 2 aliphatic rings. The average Bonchev–Trinajstić information content (AvgIpc) is 3.72. The highest BCUT2D eigenvalue weighted by Gasteiger charge is 2.49. The van der Waals surface area contributed by atoms with Crippen LogP contribution in [-0.2, 0) is 25.6 Å². The molecule has 42 heavy (non-hydrogen) atoms. The van der Waals surface area contributed by atoms with Gasteiger partial charge in [-0.15, -0.1) is 11.3 Å². The number of carbonyl (C=O) groups excluding carboxylic acids is 3. The minimum atomic E-state index is -0.707. The molecule has 2 fully saturated rings. The molecule has 13 heteroatoms. The standard InChI is InChI=1S/C15H12FNO3.C14H20N4O3S/c16-14-10-12(20-11-4-2-1-3-5-11)6-7-13(14)15(19)17-8-9-18;1-18-8-14(20-2-3-21-14)5-11(18)13(19)17-6-10-4-9(7-22-10)12(15)16/h1-7,9-10H,8H2,(H,17,19);4,7,11H,2-3,5-6,8H2,1H3,(H3,15,16)(H,17,19). The summed E-state index contributed by atoms with van der Waals surface area (Å²) in [6, 6.07) is 14.4. The van der Waals surface area contributed by atoms with Crippen LogP contribution in [0.15, 0.2) is 60.0 Å². The molecule has 1 atom stereocenters. The largest absolute Gasteiger partial charge is 0.457 e. The number of hydrogen-bond acceptors (Lipinski definition) is 9. The number of ether oxygens (including phenoxy) is 3. The third-order valence-electron chi connectivity index (χ3n) is 6.55. The van der Waals surface area contributed by atoms with Gasteiger partial charge in [-0.25, -0.2) is 4.39 Å². The van der Waals surface area contributed by atoms with Gasteiger partial charge in [-0.3, -0.25) is 19.9 Å². The molecule has 0 saturated carbocycles. The quantitative estimate of drug-likeness (QED) is 0.167. The number of aldehydes is 1. The number of amides is 2. The van der Waals surface area contributed by atoms with E-state index in [1.165, 1.54) is 23.5 Å². The molecule has 3 aromatic rings. The van der Waals surface area contributed by atoms with Crippen molar-refractivity contribution in [3.8, 4) is 11.5 Å². The van der Waals surface area contributed by atoms with Crippen LogP contribution in [0.25, 0.3) is 0 Å². The number of nitrogens with zero attached hydrogens (tertiary/aromatic N) is 1. The van der Waals surface area contributed by atoms with Gasteiger partial charge in [-0.05, 0) is 37.4 Å². The van der Waals surface area contributed by atoms with E-state index >= 15 is 0 Å². The Labute approximate surface area is 246 Å². The second-order valence-corrected chi connectivity index (χ2v) is 10.6. The molecule has 2 amide bonds. The Hall–Kier alpha value is -4.17. The summed E-state index contributed by atoms with van der Waals surface area (Å²) < 4.78 is 30.6. The van der Waals surface area contributed by atoms with Crippen molar-refractivity contribution in [1.29, 1.82) is 5.41 Å². The first-order chi connectivity index (χ1) is 20.2. The lowest BCUT2D eigenvalue weighted by molar-refractivity contribution is -0.146. The third kappa shape index (κ3) is 7.97. The van der Waals surface area contributed by atoms with Crippen molar-refractivity contribution in [2.45, 2.75) is 24.8 Å². The van der Waals surface area contributed by atoms with E-state index in [9.17, 15) is 18.8 Å². The van der Waals surface area contributed by atoms with Gasteiger partial charge in [-0.2, -0.15) is 0 Å². The first kappa shape index (κ1) is 30.8. The maximum absolute atomic E-state index is 13.8. The van der Waals surface area contributed by atoms with Crippen molar-refractivity contribution in [1.82, 2.24) is 15.5 Å². The number of halogens is 1. The van der Waals surface area contributed by atoms with E-state index < -0.39 is 17.5 Å². The molecule has 2 aliphatic heterocycles. The number of rotatable bonds is 9. The van der Waals surface area contributed by atoms with E-state index in [1.807, 2.05) is 29.5 Å². The van der Waals surface area contributed by atoms with Gasteiger partial charge >= 0.3 is 0 Å². The molecule has 2 saturated heterocycles. The number of likely N-dealkylation sites (N-methyl/N-ethyl adjacent to an activating group) is 1. The minimum absolute atomic E-state index is 0.0312. The molecule has 5 rings (SSSR count). The number of para-hydroxylation sites is 1. The summed E-state index contributed by atoms with van der Waals surface area (Å²) in [7, 11) is 1.91. The van der Waals surface area contributed by atoms with Crippen LogP contribution in [0.1, 0.15) is 27.2 Å². The lowest BCUT2D eigenvalue weighted by Crippen LogP contribution is -2.40. The predicted octanol–water partition coefficient (Wildman–Crippen LogP) is 2.64. The number of nitrogens with one attached hydrogen (secondary N) is 3. The summed E-state index contributed by atoms with van der Waals surface area (Å²) >= 11 is 1.48. The molecule has 2 aromatic carbocycles. The fourth-order valence-corrected chi connectivity index (χ4v) is 5.33. The second-order valence-electron chi connectivity index (χ2n) is 9.61. The van der Waals surface area contributed by atoms with Crippen LogP contribution in [-0.4, -0.2) is 74.0 Å². The number of thiophene rings is 1. The first-order valence-corrected chi connectivity index (χ1v) is 14.0. The topological polar surface area (TPSA) is 156 Å². The number of nitrogens with two attached hydrogens (primary N) is 1. The molecule has 5 N–H and O–H groups in total. The zero-order chi connectivity index (χ0) is 30.1. The Bertz CT molecular complexity index is 1410. The molecule has 11 nitrogen and oxygen atoms in total. The molecular formula is C29H32FN5O6S. The summed E-state index contributed by atoms with van der Waals surface area (Å²) in [5, 5.41) is 14.4. The molecular weight excluding hydrogens is 565 g/mol. The lowest BCUT2D eigenvalue weighted by Gasteiger charge is -2.20. The number of likely N-dealkylation sites (tertiary alicyclic amines) is 1. The van der Waals surface area contributed by atoms with Gasteiger partial charge in [0.2, 0.25) is 5.91 Å². The summed E-state index contributed by atoms with van der Waals surface area (Å²) in [5.74, 6) is -1.08. The lowest BCUT2D eigenvalue weighted by atomic mass is 10.1. The SMILES string of the molecule is CN1CC2(CC1C(=O)NCc1cc(C(=N)N)cs1)OCCO2.O=CCNC(=O)c1ccc(Oc2ccccc2)cc1F. The third-order valence-corrected chi connectivity index (χ3v) is 7.49. The van der Waals surface area contributed by atoms with Crippen LogP contribution in [0, 0.1) is 11.2 Å². The van der Waals surface area contributed by atoms with E-state index in [2.05, 4.69) is 10.6 Å². The van der Waals surface area contributed by atoms with E-state index in [0.29, 0.717) is 56.1 Å². The Morgan fingerprint density at radius 2 is 1.90 bits per heavy atom. The highest BCUT2D eigenvalue weighted by Crippen LogP contribution is 2.33. The van der Waals surface area contributed by atoms with Crippen molar-refractivity contribution in [2.75, 3.05) is 33.4 Å². The van der Waals surface area contributed by atoms with Crippen LogP contribution in [0.5, 0.6) is 11.5 Å². The predicted molar refractivity (Wildman–Crippen MR) is 154 cm³/mol. The normalized spacial score (nSPS) is 17.2. The summed E-state index contributed by atoms with van der Waals surface area (Å²) in [6.45, 7) is 2.07. The second kappa shape index (κ2) is 14.1. The molecule has 1 aromatic heterocycles. The molecule has 1 spiro atoms. The smallest absolute Gasteiger partial charge is 0.254 e. The van der Waals surface area contributed by atoms with Gasteiger partial charge in [0.15, 0.2) is 5.79 Å². The van der Waals surface area contributed by atoms with Crippen molar-refractivity contribution in [3.05, 3.63) is 81.8 Å². The minimum Gasteiger partial charge on any atom is -0.457 e. The van der Waals surface area contributed by atoms with Crippen molar-refractivity contribution in [3.63, 3.8) is 0 Å². The first-order valence-electron chi connectivity index (χ1n) is 13.1. The van der Waals surface area contributed by atoms with E-state index in [0.717, 1.165) is 10.9 Å². The fraction of sp³-hybridized carbons (Fsp3) is 0.310. The zero-order valence-electron chi connectivity index (χ0n) is 22.9. The van der Waals surface area contributed by atoms with E-state index in [1.54, 1.807) is 24.3 Å². The van der Waals surface area contributed by atoms with Crippen LogP contribution in [0.3, 0.4) is 0 Å². The van der Waals surface area contributed by atoms with Crippen molar-refractivity contribution in [2.24, 2.45) is 5.73 Å². The van der Waals surface area contributed by atoms with Gasteiger partial charge in [-0.1, -0.05) is 18.2 Å². The molecule has 0 aliphatic carbocycles. The summed E-state index contributed by atoms with van der Waals surface area (Å²) in [5.41, 5.74) is 6.00. The van der Waals surface area contributed by atoms with Crippen LogP contribution in [0.2, 0.25) is 0 Å². The van der Waals surface area contributed by atoms with E-state index in [-0.39, 0.29) is 29.9 Å². The average molecular weight is 598 g/mol. The molecule has 0 bridgehead atoms. The Morgan fingerprint density at radius 3 is 2.55 bits per heavy atom. The van der Waals surface area contributed by atoms with Gasteiger partial charge in [0, 0.05) is 28.3 Å². The highest BCUT2D eigenvalue weighted by molar-refractivity contribution is 7.10. The Morgan fingerprint density at radius 1 is 1.17 bits per heavy atom. The molecule has 222 valence electrons. The molecule has 0 radical (unpaired) electrons. The Kier molecular flexibility index (Phi) is 10.4. The summed E-state index contributed by atoms with van der Waals surface area (Å²) in [6.07, 6.45) is 1.08. The van der Waals surface area contributed by atoms with Gasteiger partial charge < -0.3 is 35.4 Å². The maximum Gasteiger partial charge on any atom is 0.254 e. The van der Waals surface area contributed by atoms with Crippen LogP contribution < -0.4 is 21.1 Å². The van der Waals surface area contributed by atoms with Crippen LogP contribution in [0.4, 0.5) is 4.39 Å². The number of carbonyl (C=O) groups is 3. The molecule has 3 heterocycles. The van der Waals surface area contributed by atoms with Gasteiger partial charge in [0.05, 0.1) is 44.5 Å². The van der Waals surface area contributed by atoms with Gasteiger partial charge in [0.1, 0.15) is 29.4 Å². The monoisotopic (exact) mass is 597 g/mol. The zero-order valence-corrected chi connectivity index (χ0v) is 23.7. The fourth-order valence-electron chi connectivity index (χ4n) is 4.51. The molecule has 1 unspecified atom stereocenters. The number of amidine groups is 1. The Balaban J connectivity index is 0.000000194. The van der Waals surface area contributed by atoms with Crippen molar-refractivity contribution < 1.29 is 33.0 Å². The van der Waals surface area contributed by atoms with E-state index in [4.69, 9.17) is 25.4 Å². The maximum atomic E-state index is 13.8. The number of hydrogen-bond donors (Lipinski definition) is 4. The summed E-state index contributed by atoms with van der Waals surface area (Å²) in [4.78, 5) is 37.0. The van der Waals surface area contributed by atoms with Gasteiger partial charge in [0.25, 0.3) is 5.91 Å².